The number of hydrogen-bond donors (Lipinski definition) is 1. The van der Waals surface area contributed by atoms with Gasteiger partial charge < -0.3 is 0 Å². The van der Waals surface area contributed by atoms with Crippen LogP contribution in [0.4, 0.5) is 0 Å². The zero-order valence-corrected chi connectivity index (χ0v) is 11.5. The molecule has 96 valence electrons. The lowest BCUT2D eigenvalue weighted by atomic mass is 10.1. The van der Waals surface area contributed by atoms with E-state index in [2.05, 4.69) is 16.4 Å². The van der Waals surface area contributed by atoms with Crippen molar-refractivity contribution in [2.75, 3.05) is 0 Å². The predicted molar refractivity (Wildman–Crippen MR) is 75.9 cm³/mol. The number of hydrogen-bond acceptors (Lipinski definition) is 3. The molecule has 0 fully saturated rings. The fourth-order valence-electron chi connectivity index (χ4n) is 1.69. The number of aromatic nitrogens is 1. The van der Waals surface area contributed by atoms with Crippen molar-refractivity contribution in [3.63, 3.8) is 0 Å². The Morgan fingerprint density at radius 1 is 1.21 bits per heavy atom. The van der Waals surface area contributed by atoms with E-state index in [0.29, 0.717) is 22.2 Å². The van der Waals surface area contributed by atoms with Gasteiger partial charge in [-0.2, -0.15) is 5.26 Å². The van der Waals surface area contributed by atoms with Crippen LogP contribution in [0.15, 0.2) is 42.7 Å². The molecule has 2 aromatic rings. The summed E-state index contributed by atoms with van der Waals surface area (Å²) in [6.07, 6.45) is 3.43. The van der Waals surface area contributed by atoms with E-state index in [4.69, 9.17) is 23.2 Å². The average molecular weight is 292 g/mol. The Bertz CT molecular complexity index is 593. The Morgan fingerprint density at radius 2 is 1.95 bits per heavy atom. The second-order valence-corrected chi connectivity index (χ2v) is 4.73. The van der Waals surface area contributed by atoms with E-state index in [1.54, 1.807) is 30.6 Å². The van der Waals surface area contributed by atoms with Gasteiger partial charge in [-0.1, -0.05) is 35.3 Å². The molecule has 0 amide bonds. The Balaban J connectivity index is 2.13. The molecule has 0 aliphatic carbocycles. The Labute approximate surface area is 121 Å². The summed E-state index contributed by atoms with van der Waals surface area (Å²) in [4.78, 5) is 3.95. The third-order valence-electron chi connectivity index (χ3n) is 2.68. The molecular formula is C14H11Cl2N3. The summed E-state index contributed by atoms with van der Waals surface area (Å²) in [5, 5.41) is 13.2. The van der Waals surface area contributed by atoms with Crippen molar-refractivity contribution >= 4 is 23.2 Å². The van der Waals surface area contributed by atoms with E-state index < -0.39 is 6.04 Å². The molecule has 1 N–H and O–H groups in total. The second-order valence-electron chi connectivity index (χ2n) is 3.94. The van der Waals surface area contributed by atoms with Gasteiger partial charge in [-0.15, -0.1) is 0 Å². The van der Waals surface area contributed by atoms with Crippen LogP contribution in [0.5, 0.6) is 0 Å². The van der Waals surface area contributed by atoms with Crippen LogP contribution in [0.2, 0.25) is 10.0 Å². The first-order chi connectivity index (χ1) is 9.22. The zero-order chi connectivity index (χ0) is 13.7. The first kappa shape index (κ1) is 13.8. The van der Waals surface area contributed by atoms with Crippen molar-refractivity contribution in [1.29, 1.82) is 5.26 Å². The highest BCUT2D eigenvalue weighted by Gasteiger charge is 2.15. The Morgan fingerprint density at radius 3 is 2.63 bits per heavy atom. The minimum Gasteiger partial charge on any atom is -0.294 e. The first-order valence-corrected chi connectivity index (χ1v) is 6.44. The SMILES string of the molecule is N#CC(NCc1ccncc1)c1cccc(Cl)c1Cl. The van der Waals surface area contributed by atoms with Crippen molar-refractivity contribution in [2.24, 2.45) is 0 Å². The predicted octanol–water partition coefficient (Wildman–Crippen LogP) is 3.74. The quantitative estimate of drug-likeness (QED) is 0.933. The van der Waals surface area contributed by atoms with Gasteiger partial charge in [0, 0.05) is 24.5 Å². The van der Waals surface area contributed by atoms with Gasteiger partial charge in [0.25, 0.3) is 0 Å². The van der Waals surface area contributed by atoms with Crippen LogP contribution >= 0.6 is 23.2 Å². The molecule has 0 spiro atoms. The molecule has 1 aromatic carbocycles. The average Bonchev–Trinajstić information content (AvgIpc) is 2.45. The van der Waals surface area contributed by atoms with Crippen LogP contribution in [0.3, 0.4) is 0 Å². The highest BCUT2D eigenvalue weighted by molar-refractivity contribution is 6.42. The van der Waals surface area contributed by atoms with E-state index >= 15 is 0 Å². The summed E-state index contributed by atoms with van der Waals surface area (Å²) >= 11 is 12.1. The molecule has 0 radical (unpaired) electrons. The van der Waals surface area contributed by atoms with Crippen LogP contribution in [0.25, 0.3) is 0 Å². The molecule has 0 bridgehead atoms. The van der Waals surface area contributed by atoms with Crippen molar-refractivity contribution in [1.82, 2.24) is 10.3 Å². The molecule has 0 aliphatic rings. The largest absolute Gasteiger partial charge is 0.294 e. The van der Waals surface area contributed by atoms with Crippen LogP contribution < -0.4 is 5.32 Å². The van der Waals surface area contributed by atoms with Gasteiger partial charge in [0.1, 0.15) is 6.04 Å². The van der Waals surface area contributed by atoms with Crippen molar-refractivity contribution in [2.45, 2.75) is 12.6 Å². The summed E-state index contributed by atoms with van der Waals surface area (Å²) in [5.41, 5.74) is 1.74. The maximum atomic E-state index is 9.25. The molecule has 5 heteroatoms. The topological polar surface area (TPSA) is 48.7 Å². The fourth-order valence-corrected chi connectivity index (χ4v) is 2.11. The van der Waals surface area contributed by atoms with Crippen molar-refractivity contribution in [3.05, 3.63) is 63.9 Å². The molecule has 1 unspecified atom stereocenters. The summed E-state index contributed by atoms with van der Waals surface area (Å²) in [7, 11) is 0. The van der Waals surface area contributed by atoms with E-state index in [-0.39, 0.29) is 0 Å². The van der Waals surface area contributed by atoms with Gasteiger partial charge in [-0.05, 0) is 23.8 Å². The maximum Gasteiger partial charge on any atom is 0.123 e. The van der Waals surface area contributed by atoms with Gasteiger partial charge in [0.05, 0.1) is 16.1 Å². The molecule has 1 atom stereocenters. The van der Waals surface area contributed by atoms with Crippen molar-refractivity contribution in [3.8, 4) is 6.07 Å². The number of nitrogens with zero attached hydrogens (tertiary/aromatic N) is 2. The zero-order valence-electron chi connectivity index (χ0n) is 9.98. The minimum atomic E-state index is -0.501. The molecular weight excluding hydrogens is 281 g/mol. The lowest BCUT2D eigenvalue weighted by Gasteiger charge is -2.14. The minimum absolute atomic E-state index is 0.415. The van der Waals surface area contributed by atoms with Crippen LogP contribution in [-0.4, -0.2) is 4.98 Å². The second kappa shape index (κ2) is 6.53. The number of nitriles is 1. The third kappa shape index (κ3) is 3.45. The Kier molecular flexibility index (Phi) is 4.75. The molecule has 3 nitrogen and oxygen atoms in total. The fraction of sp³-hybridized carbons (Fsp3) is 0.143. The van der Waals surface area contributed by atoms with Crippen LogP contribution in [-0.2, 0) is 6.54 Å². The molecule has 19 heavy (non-hydrogen) atoms. The summed E-state index contributed by atoms with van der Waals surface area (Å²) in [6.45, 7) is 0.559. The molecule has 1 heterocycles. The maximum absolute atomic E-state index is 9.25. The van der Waals surface area contributed by atoms with Crippen molar-refractivity contribution < 1.29 is 0 Å². The summed E-state index contributed by atoms with van der Waals surface area (Å²) in [5.74, 6) is 0. The normalized spacial score (nSPS) is 11.8. The lowest BCUT2D eigenvalue weighted by molar-refractivity contribution is 0.630. The van der Waals surface area contributed by atoms with Gasteiger partial charge in [0.2, 0.25) is 0 Å². The molecule has 2 rings (SSSR count). The van der Waals surface area contributed by atoms with E-state index in [1.807, 2.05) is 12.1 Å². The monoisotopic (exact) mass is 291 g/mol. The molecule has 0 aliphatic heterocycles. The van der Waals surface area contributed by atoms with Gasteiger partial charge in [-0.3, -0.25) is 10.3 Å². The third-order valence-corrected chi connectivity index (χ3v) is 3.51. The van der Waals surface area contributed by atoms with Gasteiger partial charge in [-0.25, -0.2) is 0 Å². The number of nitrogens with one attached hydrogen (secondary N) is 1. The van der Waals surface area contributed by atoms with Crippen LogP contribution in [0.1, 0.15) is 17.2 Å². The summed E-state index contributed by atoms with van der Waals surface area (Å²) < 4.78 is 0. The van der Waals surface area contributed by atoms with Crippen LogP contribution in [0, 0.1) is 11.3 Å². The molecule has 1 aromatic heterocycles. The smallest absolute Gasteiger partial charge is 0.123 e. The first-order valence-electron chi connectivity index (χ1n) is 5.68. The van der Waals surface area contributed by atoms with E-state index in [1.165, 1.54) is 0 Å². The number of halogens is 2. The number of benzene rings is 1. The van der Waals surface area contributed by atoms with E-state index in [9.17, 15) is 5.26 Å². The lowest BCUT2D eigenvalue weighted by Crippen LogP contribution is -2.19. The summed E-state index contributed by atoms with van der Waals surface area (Å²) in [6, 6.07) is 10.7. The van der Waals surface area contributed by atoms with Gasteiger partial charge in [0.15, 0.2) is 0 Å². The highest BCUT2D eigenvalue weighted by atomic mass is 35.5. The number of rotatable bonds is 4. The highest BCUT2D eigenvalue weighted by Crippen LogP contribution is 2.29. The molecule has 0 saturated heterocycles. The standard InChI is InChI=1S/C14H11Cl2N3/c15-12-3-1-2-11(14(12)16)13(8-17)19-9-10-4-6-18-7-5-10/h1-7,13,19H,9H2. The number of pyridine rings is 1. The Hall–Kier alpha value is -1.60. The van der Waals surface area contributed by atoms with Gasteiger partial charge >= 0.3 is 0 Å². The molecule has 0 saturated carbocycles. The van der Waals surface area contributed by atoms with E-state index in [0.717, 1.165) is 5.56 Å².